The first-order valence-corrected chi connectivity index (χ1v) is 8.64. The van der Waals surface area contributed by atoms with Gasteiger partial charge in [0.25, 0.3) is 11.5 Å². The van der Waals surface area contributed by atoms with Crippen LogP contribution in [0.3, 0.4) is 0 Å². The van der Waals surface area contributed by atoms with Gasteiger partial charge < -0.3 is 9.88 Å². The van der Waals surface area contributed by atoms with Crippen LogP contribution in [0.2, 0.25) is 0 Å². The van der Waals surface area contributed by atoms with Crippen LogP contribution in [0, 0.1) is 0 Å². The zero-order chi connectivity index (χ0) is 18.8. The number of aromatic nitrogens is 4. The minimum Gasteiger partial charge on any atom is -0.330 e. The predicted octanol–water partition coefficient (Wildman–Crippen LogP) is 2.53. The van der Waals surface area contributed by atoms with Crippen LogP contribution in [0.4, 0.5) is 0 Å². The highest BCUT2D eigenvalue weighted by Crippen LogP contribution is 2.12. The van der Waals surface area contributed by atoms with Crippen molar-refractivity contribution in [1.82, 2.24) is 24.8 Å². The summed E-state index contributed by atoms with van der Waals surface area (Å²) in [7, 11) is 0. The fraction of sp³-hybridized carbons (Fsp3) is 0.150. The number of H-pyrrole nitrogens is 1. The molecule has 0 spiro atoms. The summed E-state index contributed by atoms with van der Waals surface area (Å²) in [5.74, 6) is 0.175. The molecule has 4 aromatic rings. The van der Waals surface area contributed by atoms with Gasteiger partial charge in [0, 0.05) is 6.54 Å². The maximum absolute atomic E-state index is 12.9. The maximum atomic E-state index is 12.9. The molecule has 2 aromatic carbocycles. The van der Waals surface area contributed by atoms with E-state index in [4.69, 9.17) is 0 Å². The molecule has 7 heteroatoms. The Hall–Kier alpha value is -3.61. The lowest BCUT2D eigenvalue weighted by atomic mass is 10.2. The molecule has 4 rings (SSSR count). The lowest BCUT2D eigenvalue weighted by molar-refractivity contribution is 0.0742. The van der Waals surface area contributed by atoms with E-state index in [0.29, 0.717) is 28.8 Å². The molecule has 0 bridgehead atoms. The van der Waals surface area contributed by atoms with Gasteiger partial charge in [-0.15, -0.1) is 0 Å². The first kappa shape index (κ1) is 16.8. The van der Waals surface area contributed by atoms with Gasteiger partial charge in [-0.2, -0.15) is 0 Å². The Labute approximate surface area is 154 Å². The first-order valence-electron chi connectivity index (χ1n) is 8.64. The molecule has 1 N–H and O–H groups in total. The number of amides is 1. The van der Waals surface area contributed by atoms with Gasteiger partial charge in [-0.05, 0) is 31.2 Å². The van der Waals surface area contributed by atoms with Crippen molar-refractivity contribution in [2.45, 2.75) is 13.5 Å². The lowest BCUT2D eigenvalue weighted by Gasteiger charge is -2.20. The van der Waals surface area contributed by atoms with Crippen molar-refractivity contribution in [3.63, 3.8) is 0 Å². The van der Waals surface area contributed by atoms with Crippen LogP contribution in [-0.4, -0.2) is 37.3 Å². The third-order valence-electron chi connectivity index (χ3n) is 4.34. The van der Waals surface area contributed by atoms with Crippen LogP contribution in [0.1, 0.15) is 23.2 Å². The number of hydrogen-bond acceptors (Lipinski definition) is 5. The molecule has 0 aliphatic carbocycles. The van der Waals surface area contributed by atoms with Crippen molar-refractivity contribution in [3.05, 3.63) is 76.6 Å². The highest BCUT2D eigenvalue weighted by Gasteiger charge is 2.18. The molecule has 27 heavy (non-hydrogen) atoms. The fourth-order valence-corrected chi connectivity index (χ4v) is 2.94. The smallest absolute Gasteiger partial charge is 0.274 e. The van der Waals surface area contributed by atoms with Crippen molar-refractivity contribution >= 4 is 27.8 Å². The average molecular weight is 359 g/mol. The van der Waals surface area contributed by atoms with E-state index >= 15 is 0 Å². The Morgan fingerprint density at radius 2 is 1.70 bits per heavy atom. The zero-order valence-corrected chi connectivity index (χ0v) is 14.7. The average Bonchev–Trinajstić information content (AvgIpc) is 2.71. The molecular formula is C20H17N5O2. The second-order valence-electron chi connectivity index (χ2n) is 6.09. The highest BCUT2D eigenvalue weighted by molar-refractivity contribution is 5.93. The van der Waals surface area contributed by atoms with E-state index in [-0.39, 0.29) is 23.7 Å². The molecule has 1 amide bonds. The molecule has 0 saturated carbocycles. The Morgan fingerprint density at radius 3 is 2.48 bits per heavy atom. The highest BCUT2D eigenvalue weighted by atomic mass is 16.2. The van der Waals surface area contributed by atoms with Crippen LogP contribution >= 0.6 is 0 Å². The van der Waals surface area contributed by atoms with Gasteiger partial charge in [-0.25, -0.2) is 9.97 Å². The number of nitrogens with one attached hydrogen (secondary N) is 1. The molecule has 0 aliphatic rings. The van der Waals surface area contributed by atoms with E-state index in [1.807, 2.05) is 37.3 Å². The predicted molar refractivity (Wildman–Crippen MR) is 102 cm³/mol. The Balaban J connectivity index is 1.65. The van der Waals surface area contributed by atoms with Gasteiger partial charge in [0.1, 0.15) is 11.5 Å². The van der Waals surface area contributed by atoms with Crippen molar-refractivity contribution in [1.29, 1.82) is 0 Å². The summed E-state index contributed by atoms with van der Waals surface area (Å²) in [6.45, 7) is 2.50. The van der Waals surface area contributed by atoms with Gasteiger partial charge in [0.2, 0.25) is 0 Å². The molecule has 0 radical (unpaired) electrons. The number of rotatable bonds is 4. The quantitative estimate of drug-likeness (QED) is 0.604. The molecule has 2 heterocycles. The van der Waals surface area contributed by atoms with Gasteiger partial charge in [0.05, 0.1) is 34.7 Å². The van der Waals surface area contributed by atoms with Crippen LogP contribution in [0.15, 0.2) is 59.5 Å². The molecule has 0 saturated heterocycles. The molecule has 0 atom stereocenters. The van der Waals surface area contributed by atoms with Crippen LogP contribution < -0.4 is 5.56 Å². The minimum atomic E-state index is -0.258. The molecule has 0 fully saturated rings. The first-order chi connectivity index (χ1) is 13.2. The van der Waals surface area contributed by atoms with Gasteiger partial charge in [-0.3, -0.25) is 14.6 Å². The second kappa shape index (κ2) is 6.95. The minimum absolute atomic E-state index is 0.184. The van der Waals surface area contributed by atoms with Crippen molar-refractivity contribution in [2.75, 3.05) is 6.54 Å². The van der Waals surface area contributed by atoms with E-state index in [2.05, 4.69) is 19.9 Å². The number of para-hydroxylation sites is 3. The normalized spacial score (nSPS) is 11.0. The number of carbonyl (C=O) groups excluding carboxylic acids is 1. The molecule has 2 aromatic heterocycles. The third-order valence-corrected chi connectivity index (χ3v) is 4.34. The van der Waals surface area contributed by atoms with E-state index in [9.17, 15) is 9.59 Å². The molecular weight excluding hydrogens is 342 g/mol. The fourth-order valence-electron chi connectivity index (χ4n) is 2.94. The monoisotopic (exact) mass is 359 g/mol. The van der Waals surface area contributed by atoms with Crippen LogP contribution in [-0.2, 0) is 6.54 Å². The number of aromatic amines is 1. The van der Waals surface area contributed by atoms with E-state index in [0.717, 1.165) is 5.52 Å². The summed E-state index contributed by atoms with van der Waals surface area (Å²) < 4.78 is 0. The Bertz CT molecular complexity index is 1200. The van der Waals surface area contributed by atoms with E-state index < -0.39 is 0 Å². The molecule has 0 aliphatic heterocycles. The summed E-state index contributed by atoms with van der Waals surface area (Å²) in [4.78, 5) is 42.6. The number of carbonyl (C=O) groups is 1. The van der Waals surface area contributed by atoms with Crippen molar-refractivity contribution in [3.8, 4) is 0 Å². The topological polar surface area (TPSA) is 91.8 Å². The summed E-state index contributed by atoms with van der Waals surface area (Å²) in [5.41, 5.74) is 2.04. The van der Waals surface area contributed by atoms with E-state index in [1.54, 1.807) is 23.1 Å². The van der Waals surface area contributed by atoms with E-state index in [1.165, 1.54) is 6.20 Å². The van der Waals surface area contributed by atoms with Gasteiger partial charge in [0.15, 0.2) is 0 Å². The standard InChI is InChI=1S/C20H17N5O2/c1-2-25(12-18-23-14-8-4-3-7-13(14)19(26)24-18)20(27)17-11-21-15-9-5-6-10-16(15)22-17/h3-11H,2,12H2,1H3,(H,23,24,26). The summed E-state index contributed by atoms with van der Waals surface area (Å²) in [6, 6.07) is 14.5. The molecule has 134 valence electrons. The summed E-state index contributed by atoms with van der Waals surface area (Å²) in [6.07, 6.45) is 1.48. The Kier molecular flexibility index (Phi) is 4.33. The van der Waals surface area contributed by atoms with Crippen molar-refractivity contribution in [2.24, 2.45) is 0 Å². The lowest BCUT2D eigenvalue weighted by Crippen LogP contribution is -2.32. The van der Waals surface area contributed by atoms with Crippen LogP contribution in [0.5, 0.6) is 0 Å². The number of nitrogens with zero attached hydrogens (tertiary/aromatic N) is 4. The SMILES string of the molecule is CCN(Cc1nc2ccccc2c(=O)[nH]1)C(=O)c1cnc2ccccc2n1. The number of hydrogen-bond donors (Lipinski definition) is 1. The zero-order valence-electron chi connectivity index (χ0n) is 14.7. The summed E-state index contributed by atoms with van der Waals surface area (Å²) in [5, 5.41) is 0.524. The molecule has 7 nitrogen and oxygen atoms in total. The number of fused-ring (bicyclic) bond motifs is 2. The van der Waals surface area contributed by atoms with Gasteiger partial charge >= 0.3 is 0 Å². The Morgan fingerprint density at radius 1 is 1.00 bits per heavy atom. The molecule has 0 unspecified atom stereocenters. The maximum Gasteiger partial charge on any atom is 0.274 e. The number of benzene rings is 2. The largest absolute Gasteiger partial charge is 0.330 e. The summed E-state index contributed by atoms with van der Waals surface area (Å²) >= 11 is 0. The van der Waals surface area contributed by atoms with Gasteiger partial charge in [-0.1, -0.05) is 24.3 Å². The third kappa shape index (κ3) is 3.27. The second-order valence-corrected chi connectivity index (χ2v) is 6.09. The van der Waals surface area contributed by atoms with Crippen LogP contribution in [0.25, 0.3) is 21.9 Å². The van der Waals surface area contributed by atoms with Crippen molar-refractivity contribution < 1.29 is 4.79 Å².